The van der Waals surface area contributed by atoms with Crippen molar-refractivity contribution in [1.29, 1.82) is 0 Å². The van der Waals surface area contributed by atoms with Crippen molar-refractivity contribution < 1.29 is 14.3 Å². The number of esters is 1. The lowest BCUT2D eigenvalue weighted by molar-refractivity contribution is -0.140. The normalized spacial score (nSPS) is 21.1. The van der Waals surface area contributed by atoms with Crippen LogP contribution in [0.4, 0.5) is 11.4 Å². The Morgan fingerprint density at radius 1 is 1.19 bits per heavy atom. The van der Waals surface area contributed by atoms with Gasteiger partial charge in [-0.2, -0.15) is 0 Å². The Bertz CT molecular complexity index is 610. The van der Waals surface area contributed by atoms with Gasteiger partial charge in [0, 0.05) is 19.7 Å². The Balaban J connectivity index is 2.19. The van der Waals surface area contributed by atoms with Crippen molar-refractivity contribution in [2.45, 2.75) is 70.9 Å². The Kier molecular flexibility index (Phi) is 7.96. The van der Waals surface area contributed by atoms with Crippen molar-refractivity contribution in [3.63, 3.8) is 0 Å². The van der Waals surface area contributed by atoms with Crippen LogP contribution in [0.3, 0.4) is 0 Å². The molecule has 5 nitrogen and oxygen atoms in total. The molecule has 0 bridgehead atoms. The van der Waals surface area contributed by atoms with Gasteiger partial charge in [0.2, 0.25) is 0 Å². The first-order valence-electron chi connectivity index (χ1n) is 10.1. The summed E-state index contributed by atoms with van der Waals surface area (Å²) < 4.78 is 10.3. The van der Waals surface area contributed by atoms with Gasteiger partial charge in [0.25, 0.3) is 0 Å². The number of carbonyl (C=O) groups is 1. The molecule has 0 radical (unpaired) electrons. The molecule has 0 spiro atoms. The average molecular weight is 377 g/mol. The van der Waals surface area contributed by atoms with E-state index in [1.54, 1.807) is 0 Å². The van der Waals surface area contributed by atoms with E-state index in [0.29, 0.717) is 24.5 Å². The minimum atomic E-state index is -0.193. The van der Waals surface area contributed by atoms with Crippen LogP contribution < -0.4 is 10.6 Å². The molecule has 0 aliphatic heterocycles. The van der Waals surface area contributed by atoms with Crippen LogP contribution in [-0.4, -0.2) is 38.9 Å². The van der Waals surface area contributed by atoms with E-state index < -0.39 is 0 Å². The Hall–Kier alpha value is -1.75. The molecule has 5 heteroatoms. The van der Waals surface area contributed by atoms with Gasteiger partial charge in [-0.3, -0.25) is 4.79 Å². The summed E-state index contributed by atoms with van der Waals surface area (Å²) in [4.78, 5) is 14.0. The number of nitrogen functional groups attached to an aromatic ring is 1. The van der Waals surface area contributed by atoms with E-state index in [9.17, 15) is 4.79 Å². The summed E-state index contributed by atoms with van der Waals surface area (Å²) in [7, 11) is 3.23. The highest BCUT2D eigenvalue weighted by Crippen LogP contribution is 2.34. The Morgan fingerprint density at radius 3 is 2.37 bits per heavy atom. The molecule has 27 heavy (non-hydrogen) atoms. The third-order valence-electron chi connectivity index (χ3n) is 5.61. The maximum atomic E-state index is 11.6. The van der Waals surface area contributed by atoms with Crippen molar-refractivity contribution in [3.8, 4) is 0 Å². The lowest BCUT2D eigenvalue weighted by Crippen LogP contribution is -2.42. The third kappa shape index (κ3) is 5.86. The predicted molar refractivity (Wildman–Crippen MR) is 111 cm³/mol. The summed E-state index contributed by atoms with van der Waals surface area (Å²) in [5.74, 6) is 0.452. The van der Waals surface area contributed by atoms with Crippen LogP contribution >= 0.6 is 0 Å². The van der Waals surface area contributed by atoms with E-state index in [1.807, 2.05) is 20.1 Å². The minimum absolute atomic E-state index is 0.0875. The van der Waals surface area contributed by atoms with Gasteiger partial charge in [-0.1, -0.05) is 26.8 Å². The molecule has 0 unspecified atom stereocenters. The van der Waals surface area contributed by atoms with E-state index in [0.717, 1.165) is 49.2 Å². The van der Waals surface area contributed by atoms with Gasteiger partial charge >= 0.3 is 5.97 Å². The largest absolute Gasteiger partial charge is 0.469 e. The molecule has 0 heterocycles. The fourth-order valence-electron chi connectivity index (χ4n) is 4.02. The van der Waals surface area contributed by atoms with Gasteiger partial charge in [0.1, 0.15) is 0 Å². The van der Waals surface area contributed by atoms with E-state index in [-0.39, 0.29) is 11.9 Å². The highest BCUT2D eigenvalue weighted by Gasteiger charge is 2.27. The standard InChI is InChI=1S/C22H36N2O3/c1-15(2)14-24(18-7-9-19(26-4)10-8-18)21-11-6-17(13-20(21)23)16(3)12-22(25)27-5/h6,11,13,15-16,18-19H,7-10,12,14,23H2,1-5H3/t16-,18?,19?/m1/s1. The summed E-state index contributed by atoms with van der Waals surface area (Å²) in [6.07, 6.45) is 5.22. The van der Waals surface area contributed by atoms with Crippen molar-refractivity contribution >= 4 is 17.3 Å². The molecular formula is C22H36N2O3. The van der Waals surface area contributed by atoms with Crippen molar-refractivity contribution in [2.75, 3.05) is 31.4 Å². The smallest absolute Gasteiger partial charge is 0.306 e. The zero-order valence-corrected chi connectivity index (χ0v) is 17.5. The summed E-state index contributed by atoms with van der Waals surface area (Å²) in [6, 6.07) is 6.76. The number of nitrogens with two attached hydrogens (primary N) is 1. The molecule has 2 rings (SSSR count). The Morgan fingerprint density at radius 2 is 1.85 bits per heavy atom. The maximum absolute atomic E-state index is 11.6. The second-order valence-electron chi connectivity index (χ2n) is 8.21. The summed E-state index contributed by atoms with van der Waals surface area (Å²) in [5, 5.41) is 0. The molecule has 1 fully saturated rings. The lowest BCUT2D eigenvalue weighted by Gasteiger charge is -2.39. The molecule has 152 valence electrons. The van der Waals surface area contributed by atoms with Crippen LogP contribution in [0.25, 0.3) is 0 Å². The number of carbonyl (C=O) groups excluding carboxylic acids is 1. The fourth-order valence-corrected chi connectivity index (χ4v) is 4.02. The molecule has 1 saturated carbocycles. The predicted octanol–water partition coefficient (Wildman–Crippen LogP) is 4.36. The van der Waals surface area contributed by atoms with Gasteiger partial charge in [0.05, 0.1) is 31.0 Å². The molecule has 1 aliphatic carbocycles. The van der Waals surface area contributed by atoms with Crippen LogP contribution in [0, 0.1) is 5.92 Å². The topological polar surface area (TPSA) is 64.8 Å². The number of hydrogen-bond acceptors (Lipinski definition) is 5. The molecule has 1 aromatic rings. The van der Waals surface area contributed by atoms with Gasteiger partial charge in [0.15, 0.2) is 0 Å². The van der Waals surface area contributed by atoms with Gasteiger partial charge in [-0.25, -0.2) is 0 Å². The quantitative estimate of drug-likeness (QED) is 0.539. The first-order chi connectivity index (χ1) is 12.8. The number of nitrogens with zero attached hydrogens (tertiary/aromatic N) is 1. The second-order valence-corrected chi connectivity index (χ2v) is 8.21. The number of ether oxygens (including phenoxy) is 2. The number of anilines is 2. The molecule has 2 N–H and O–H groups in total. The van der Waals surface area contributed by atoms with Gasteiger partial charge < -0.3 is 20.1 Å². The summed E-state index contributed by atoms with van der Waals surface area (Å²) in [5.41, 5.74) is 9.45. The third-order valence-corrected chi connectivity index (χ3v) is 5.61. The van der Waals surface area contributed by atoms with Gasteiger partial charge in [-0.05, 0) is 55.2 Å². The number of hydrogen-bond donors (Lipinski definition) is 1. The van der Waals surface area contributed by atoms with Crippen LogP contribution in [0.2, 0.25) is 0 Å². The van der Waals surface area contributed by atoms with Crippen molar-refractivity contribution in [1.82, 2.24) is 0 Å². The number of benzene rings is 1. The second kappa shape index (κ2) is 9.98. The molecule has 0 saturated heterocycles. The van der Waals surface area contributed by atoms with Crippen LogP contribution in [0.5, 0.6) is 0 Å². The molecule has 1 aliphatic rings. The SMILES string of the molecule is COC(=O)C[C@@H](C)c1ccc(N(CC(C)C)C2CCC(OC)CC2)c(N)c1. The van der Waals surface area contributed by atoms with Crippen LogP contribution in [-0.2, 0) is 14.3 Å². The molecule has 1 aromatic carbocycles. The zero-order chi connectivity index (χ0) is 20.0. The summed E-state index contributed by atoms with van der Waals surface area (Å²) in [6.45, 7) is 7.51. The monoisotopic (exact) mass is 376 g/mol. The minimum Gasteiger partial charge on any atom is -0.469 e. The first kappa shape index (κ1) is 21.5. The highest BCUT2D eigenvalue weighted by molar-refractivity contribution is 5.72. The highest BCUT2D eigenvalue weighted by atomic mass is 16.5. The summed E-state index contributed by atoms with van der Waals surface area (Å²) >= 11 is 0. The number of methoxy groups -OCH3 is 2. The number of rotatable bonds is 8. The van der Waals surface area contributed by atoms with E-state index in [1.165, 1.54) is 7.11 Å². The fraction of sp³-hybridized carbons (Fsp3) is 0.682. The molecule has 0 amide bonds. The van der Waals surface area contributed by atoms with Crippen molar-refractivity contribution in [2.24, 2.45) is 5.92 Å². The average Bonchev–Trinajstić information content (AvgIpc) is 2.66. The molecule has 1 atom stereocenters. The molecule has 0 aromatic heterocycles. The van der Waals surface area contributed by atoms with E-state index in [4.69, 9.17) is 15.2 Å². The van der Waals surface area contributed by atoms with Gasteiger partial charge in [-0.15, -0.1) is 0 Å². The van der Waals surface area contributed by atoms with Crippen LogP contribution in [0.1, 0.15) is 64.4 Å². The molecular weight excluding hydrogens is 340 g/mol. The van der Waals surface area contributed by atoms with Crippen molar-refractivity contribution in [3.05, 3.63) is 23.8 Å². The maximum Gasteiger partial charge on any atom is 0.306 e. The lowest BCUT2D eigenvalue weighted by atomic mass is 9.90. The first-order valence-corrected chi connectivity index (χ1v) is 10.1. The zero-order valence-electron chi connectivity index (χ0n) is 17.5. The van der Waals surface area contributed by atoms with E-state index >= 15 is 0 Å². The van der Waals surface area contributed by atoms with Crippen LogP contribution in [0.15, 0.2) is 18.2 Å². The Labute approximate surface area is 164 Å². The van der Waals surface area contributed by atoms with E-state index in [2.05, 4.69) is 30.9 Å².